The van der Waals surface area contributed by atoms with Crippen molar-refractivity contribution in [3.8, 4) is 11.3 Å². The fourth-order valence-electron chi connectivity index (χ4n) is 3.70. The summed E-state index contributed by atoms with van der Waals surface area (Å²) in [7, 11) is 0. The first-order valence-corrected chi connectivity index (χ1v) is 11.3. The number of halogens is 1. The SMILES string of the molecule is CCCCCn1c(NCc2ccc(C(=O)O)cc2)cc(=O)n2cc(-c3ccc(Cl)cc3)nc12. The van der Waals surface area contributed by atoms with Crippen molar-refractivity contribution in [2.24, 2.45) is 0 Å². The summed E-state index contributed by atoms with van der Waals surface area (Å²) in [5, 5.41) is 13.1. The molecule has 0 amide bonds. The molecule has 4 rings (SSSR count). The molecule has 2 aromatic heterocycles. The molecule has 2 aromatic carbocycles. The van der Waals surface area contributed by atoms with Gasteiger partial charge < -0.3 is 10.4 Å². The number of fused-ring (bicyclic) bond motifs is 1. The lowest BCUT2D eigenvalue weighted by Crippen LogP contribution is -2.20. The fourth-order valence-corrected chi connectivity index (χ4v) is 3.83. The summed E-state index contributed by atoms with van der Waals surface area (Å²) in [5.74, 6) is 0.298. The van der Waals surface area contributed by atoms with E-state index < -0.39 is 5.97 Å². The van der Waals surface area contributed by atoms with Gasteiger partial charge in [0.15, 0.2) is 0 Å². The molecule has 0 unspecified atom stereocenters. The lowest BCUT2D eigenvalue weighted by molar-refractivity contribution is 0.0697. The number of aromatic nitrogens is 3. The second-order valence-corrected chi connectivity index (χ2v) is 8.32. The van der Waals surface area contributed by atoms with Crippen LogP contribution >= 0.6 is 11.6 Å². The molecule has 0 atom stereocenters. The second-order valence-electron chi connectivity index (χ2n) is 7.89. The predicted octanol–water partition coefficient (Wildman–Crippen LogP) is 5.32. The number of carboxylic acid groups (broad SMARTS) is 1. The number of nitrogens with zero attached hydrogens (tertiary/aromatic N) is 3. The minimum Gasteiger partial charge on any atom is -0.478 e. The van der Waals surface area contributed by atoms with Gasteiger partial charge in [-0.25, -0.2) is 9.78 Å². The van der Waals surface area contributed by atoms with Crippen LogP contribution in [0.3, 0.4) is 0 Å². The van der Waals surface area contributed by atoms with Crippen LogP contribution in [-0.4, -0.2) is 25.0 Å². The molecule has 0 spiro atoms. The minimum absolute atomic E-state index is 0.173. The van der Waals surface area contributed by atoms with Crippen molar-refractivity contribution in [1.29, 1.82) is 0 Å². The van der Waals surface area contributed by atoms with E-state index in [-0.39, 0.29) is 11.1 Å². The van der Waals surface area contributed by atoms with E-state index in [0.29, 0.717) is 28.9 Å². The third kappa shape index (κ3) is 5.09. The summed E-state index contributed by atoms with van der Waals surface area (Å²) in [6.07, 6.45) is 4.87. The van der Waals surface area contributed by atoms with Gasteiger partial charge in [0, 0.05) is 35.9 Å². The van der Waals surface area contributed by atoms with E-state index in [1.165, 1.54) is 0 Å². The van der Waals surface area contributed by atoms with Crippen LogP contribution in [0.4, 0.5) is 5.82 Å². The Kier molecular flexibility index (Phi) is 6.79. The van der Waals surface area contributed by atoms with Crippen LogP contribution in [-0.2, 0) is 13.1 Å². The first-order valence-electron chi connectivity index (χ1n) is 10.9. The first kappa shape index (κ1) is 22.6. The zero-order chi connectivity index (χ0) is 23.4. The summed E-state index contributed by atoms with van der Waals surface area (Å²) in [6, 6.07) is 15.6. The maximum atomic E-state index is 12.9. The van der Waals surface area contributed by atoms with E-state index >= 15 is 0 Å². The number of carbonyl (C=O) groups is 1. The predicted molar refractivity (Wildman–Crippen MR) is 130 cm³/mol. The minimum atomic E-state index is -0.958. The smallest absolute Gasteiger partial charge is 0.335 e. The van der Waals surface area contributed by atoms with E-state index in [4.69, 9.17) is 21.7 Å². The molecule has 0 radical (unpaired) electrons. The van der Waals surface area contributed by atoms with Gasteiger partial charge in [0.2, 0.25) is 5.78 Å². The van der Waals surface area contributed by atoms with E-state index in [1.807, 2.05) is 16.7 Å². The second kappa shape index (κ2) is 9.92. The Morgan fingerprint density at radius 1 is 1.09 bits per heavy atom. The van der Waals surface area contributed by atoms with Crippen molar-refractivity contribution in [2.75, 3.05) is 5.32 Å². The van der Waals surface area contributed by atoms with Gasteiger partial charge >= 0.3 is 5.97 Å². The lowest BCUT2D eigenvalue weighted by Gasteiger charge is -2.16. The van der Waals surface area contributed by atoms with Crippen molar-refractivity contribution < 1.29 is 9.90 Å². The number of hydrogen-bond acceptors (Lipinski definition) is 4. The summed E-state index contributed by atoms with van der Waals surface area (Å²) >= 11 is 6.01. The van der Waals surface area contributed by atoms with Crippen LogP contribution < -0.4 is 10.9 Å². The molecule has 2 N–H and O–H groups in total. The molecule has 0 aliphatic heterocycles. The van der Waals surface area contributed by atoms with Gasteiger partial charge in [-0.05, 0) is 36.2 Å². The lowest BCUT2D eigenvalue weighted by atomic mass is 10.1. The Labute approximate surface area is 196 Å². The number of nitrogens with one attached hydrogen (secondary N) is 1. The first-order chi connectivity index (χ1) is 16.0. The topological polar surface area (TPSA) is 88.6 Å². The van der Waals surface area contributed by atoms with Gasteiger partial charge in [0.05, 0.1) is 11.3 Å². The van der Waals surface area contributed by atoms with Gasteiger partial charge in [-0.2, -0.15) is 0 Å². The Hall–Kier alpha value is -3.58. The van der Waals surface area contributed by atoms with Crippen molar-refractivity contribution in [3.05, 3.63) is 87.3 Å². The van der Waals surface area contributed by atoms with Crippen LogP contribution in [0.5, 0.6) is 0 Å². The van der Waals surface area contributed by atoms with Crippen molar-refractivity contribution in [1.82, 2.24) is 14.0 Å². The zero-order valence-corrected chi connectivity index (χ0v) is 19.0. The summed E-state index contributed by atoms with van der Waals surface area (Å²) in [5.41, 5.74) is 2.57. The molecule has 0 saturated carbocycles. The third-order valence-electron chi connectivity index (χ3n) is 5.52. The maximum Gasteiger partial charge on any atom is 0.335 e. The monoisotopic (exact) mass is 464 g/mol. The average Bonchev–Trinajstić information content (AvgIpc) is 3.26. The largest absolute Gasteiger partial charge is 0.478 e. The number of aryl methyl sites for hydroxylation is 1. The van der Waals surface area contributed by atoms with Gasteiger partial charge in [-0.1, -0.05) is 55.6 Å². The third-order valence-corrected chi connectivity index (χ3v) is 5.77. The number of unbranched alkanes of at least 4 members (excludes halogenated alkanes) is 2. The highest BCUT2D eigenvalue weighted by Crippen LogP contribution is 2.22. The Balaban J connectivity index is 1.69. The van der Waals surface area contributed by atoms with E-state index in [2.05, 4.69) is 12.2 Å². The molecule has 0 bridgehead atoms. The summed E-state index contributed by atoms with van der Waals surface area (Å²) in [4.78, 5) is 28.7. The fraction of sp³-hybridized carbons (Fsp3) is 0.240. The number of benzene rings is 2. The van der Waals surface area contributed by atoms with Gasteiger partial charge in [0.25, 0.3) is 5.56 Å². The molecular formula is C25H25ClN4O3. The average molecular weight is 465 g/mol. The van der Waals surface area contributed by atoms with Crippen LogP contribution in [0.2, 0.25) is 5.02 Å². The van der Waals surface area contributed by atoms with Gasteiger partial charge in [-0.3, -0.25) is 13.8 Å². The molecule has 2 heterocycles. The van der Waals surface area contributed by atoms with E-state index in [0.717, 1.165) is 36.9 Å². The number of rotatable bonds is 9. The Bertz CT molecular complexity index is 1330. The highest BCUT2D eigenvalue weighted by molar-refractivity contribution is 6.30. The molecule has 33 heavy (non-hydrogen) atoms. The van der Waals surface area contributed by atoms with E-state index in [1.54, 1.807) is 53.1 Å². The van der Waals surface area contributed by atoms with Gasteiger partial charge in [-0.15, -0.1) is 0 Å². The van der Waals surface area contributed by atoms with Crippen LogP contribution in [0.15, 0.2) is 65.6 Å². The molecule has 170 valence electrons. The maximum absolute atomic E-state index is 12.9. The normalized spacial score (nSPS) is 11.1. The quantitative estimate of drug-likeness (QED) is 0.327. The highest BCUT2D eigenvalue weighted by atomic mass is 35.5. The molecule has 7 nitrogen and oxygen atoms in total. The van der Waals surface area contributed by atoms with Crippen molar-refractivity contribution in [2.45, 2.75) is 39.3 Å². The molecular weight excluding hydrogens is 440 g/mol. The number of imidazole rings is 1. The summed E-state index contributed by atoms with van der Waals surface area (Å²) in [6.45, 7) is 3.32. The van der Waals surface area contributed by atoms with E-state index in [9.17, 15) is 9.59 Å². The number of anilines is 1. The number of carboxylic acids is 1. The van der Waals surface area contributed by atoms with Crippen LogP contribution in [0.25, 0.3) is 17.0 Å². The molecule has 0 aliphatic carbocycles. The number of aromatic carboxylic acids is 1. The highest BCUT2D eigenvalue weighted by Gasteiger charge is 2.14. The molecule has 0 saturated heterocycles. The molecule has 0 fully saturated rings. The zero-order valence-electron chi connectivity index (χ0n) is 18.3. The molecule has 8 heteroatoms. The standard InChI is InChI=1S/C25H25ClN4O3/c1-2-3-4-13-29-22(27-15-17-5-7-19(8-6-17)24(32)33)14-23(31)30-16-21(28-25(29)30)18-9-11-20(26)12-10-18/h5-12,14,16,27H,2-4,13,15H2,1H3,(H,32,33). The molecule has 0 aliphatic rings. The number of hydrogen-bond donors (Lipinski definition) is 2. The van der Waals surface area contributed by atoms with Crippen LogP contribution in [0, 0.1) is 0 Å². The molecule has 4 aromatic rings. The Morgan fingerprint density at radius 2 is 1.82 bits per heavy atom. The van der Waals surface area contributed by atoms with Gasteiger partial charge in [0.1, 0.15) is 5.82 Å². The van der Waals surface area contributed by atoms with Crippen molar-refractivity contribution in [3.63, 3.8) is 0 Å². The Morgan fingerprint density at radius 3 is 2.48 bits per heavy atom. The van der Waals surface area contributed by atoms with Crippen molar-refractivity contribution >= 4 is 29.2 Å². The summed E-state index contributed by atoms with van der Waals surface area (Å²) < 4.78 is 3.60. The van der Waals surface area contributed by atoms with Crippen LogP contribution in [0.1, 0.15) is 42.1 Å².